The monoisotopic (exact) mass is 293 g/mol. The number of benzene rings is 1. The van der Waals surface area contributed by atoms with Crippen LogP contribution in [-0.2, 0) is 0 Å². The van der Waals surface area contributed by atoms with Gasteiger partial charge in [-0.2, -0.15) is 0 Å². The molecule has 1 aromatic rings. The first kappa shape index (κ1) is 17.6. The lowest BCUT2D eigenvalue weighted by Crippen LogP contribution is -2.46. The van der Waals surface area contributed by atoms with Crippen molar-refractivity contribution in [2.75, 3.05) is 7.05 Å². The Morgan fingerprint density at radius 2 is 1.45 bits per heavy atom. The van der Waals surface area contributed by atoms with Gasteiger partial charge in [-0.05, 0) is 40.3 Å². The molecular weight excluding hydrogens is 262 g/mol. The molecule has 1 aromatic carbocycles. The van der Waals surface area contributed by atoms with Crippen molar-refractivity contribution in [1.29, 1.82) is 0 Å². The Bertz CT molecular complexity index is 400. The number of likely N-dealkylation sites (N-methyl/N-ethyl adjacent to an activating group) is 1. The molecule has 0 saturated carbocycles. The van der Waals surface area contributed by atoms with Gasteiger partial charge in [0.1, 0.15) is 0 Å². The van der Waals surface area contributed by atoms with E-state index in [2.05, 4.69) is 103 Å². The van der Waals surface area contributed by atoms with Crippen LogP contribution >= 0.6 is 11.8 Å². The van der Waals surface area contributed by atoms with Gasteiger partial charge in [-0.15, -0.1) is 11.8 Å². The Hall–Kier alpha value is -0.470. The largest absolute Gasteiger partial charge is 0.297 e. The van der Waals surface area contributed by atoms with Crippen LogP contribution in [0, 0.1) is 0 Å². The molecule has 0 N–H and O–H groups in total. The maximum absolute atomic E-state index is 2.49. The molecule has 0 aromatic heterocycles. The minimum absolute atomic E-state index is 0.185. The van der Waals surface area contributed by atoms with E-state index in [0.717, 1.165) is 0 Å². The highest BCUT2D eigenvalue weighted by molar-refractivity contribution is 8.00. The molecule has 0 bridgehead atoms. The molecule has 2 atom stereocenters. The summed E-state index contributed by atoms with van der Waals surface area (Å²) in [5, 5.41) is 0.487. The Labute approximate surface area is 130 Å². The zero-order valence-corrected chi connectivity index (χ0v) is 15.2. The van der Waals surface area contributed by atoms with Crippen molar-refractivity contribution < 1.29 is 0 Å². The molecular formula is C18H31NS. The molecule has 0 aliphatic heterocycles. The van der Waals surface area contributed by atoms with Gasteiger partial charge in [-0.3, -0.25) is 4.90 Å². The minimum Gasteiger partial charge on any atom is -0.297 e. The van der Waals surface area contributed by atoms with Crippen LogP contribution in [0.3, 0.4) is 0 Å². The van der Waals surface area contributed by atoms with Crippen molar-refractivity contribution in [3.8, 4) is 0 Å². The van der Waals surface area contributed by atoms with Gasteiger partial charge in [0.05, 0.1) is 0 Å². The van der Waals surface area contributed by atoms with Crippen molar-refractivity contribution in [3.63, 3.8) is 0 Å². The Morgan fingerprint density at radius 3 is 1.85 bits per heavy atom. The fourth-order valence-electron chi connectivity index (χ4n) is 2.28. The smallest absolute Gasteiger partial charge is 0.0455 e. The van der Waals surface area contributed by atoms with Gasteiger partial charge in [0.2, 0.25) is 0 Å². The third-order valence-corrected chi connectivity index (χ3v) is 5.34. The van der Waals surface area contributed by atoms with E-state index in [0.29, 0.717) is 11.3 Å². The molecule has 20 heavy (non-hydrogen) atoms. The van der Waals surface area contributed by atoms with E-state index < -0.39 is 0 Å². The zero-order valence-electron chi connectivity index (χ0n) is 14.4. The molecule has 0 amide bonds. The normalized spacial score (nSPS) is 16.2. The molecule has 0 heterocycles. The quantitative estimate of drug-likeness (QED) is 0.733. The van der Waals surface area contributed by atoms with Crippen LogP contribution in [0.2, 0.25) is 0 Å². The number of hydrogen-bond acceptors (Lipinski definition) is 2. The van der Waals surface area contributed by atoms with Gasteiger partial charge >= 0.3 is 0 Å². The van der Waals surface area contributed by atoms with E-state index in [-0.39, 0.29) is 10.3 Å². The van der Waals surface area contributed by atoms with Crippen LogP contribution in [0.5, 0.6) is 0 Å². The summed E-state index contributed by atoms with van der Waals surface area (Å²) in [6.07, 6.45) is 0. The summed E-state index contributed by atoms with van der Waals surface area (Å²) in [6.45, 7) is 16.1. The highest BCUT2D eigenvalue weighted by Gasteiger charge is 2.32. The summed E-state index contributed by atoms with van der Waals surface area (Å²) in [5.74, 6) is 0. The topological polar surface area (TPSA) is 3.24 Å². The second-order valence-corrected chi connectivity index (χ2v) is 9.55. The van der Waals surface area contributed by atoms with E-state index in [1.165, 1.54) is 5.56 Å². The molecule has 2 heteroatoms. The minimum atomic E-state index is 0.185. The first-order chi connectivity index (χ1) is 9.02. The van der Waals surface area contributed by atoms with Crippen molar-refractivity contribution in [2.24, 2.45) is 0 Å². The highest BCUT2D eigenvalue weighted by Crippen LogP contribution is 2.42. The fraction of sp³-hybridized carbons (Fsp3) is 0.667. The lowest BCUT2D eigenvalue weighted by atomic mass is 9.99. The summed E-state index contributed by atoms with van der Waals surface area (Å²) in [4.78, 5) is 2.49. The average molecular weight is 294 g/mol. The van der Waals surface area contributed by atoms with Crippen molar-refractivity contribution >= 4 is 11.8 Å². The van der Waals surface area contributed by atoms with Gasteiger partial charge in [0.25, 0.3) is 0 Å². The Morgan fingerprint density at radius 1 is 0.950 bits per heavy atom. The van der Waals surface area contributed by atoms with Crippen LogP contribution in [0.15, 0.2) is 30.3 Å². The van der Waals surface area contributed by atoms with Gasteiger partial charge in [-0.25, -0.2) is 0 Å². The lowest BCUT2D eigenvalue weighted by Gasteiger charge is -2.42. The maximum atomic E-state index is 2.49. The fourth-order valence-corrected chi connectivity index (χ4v) is 3.72. The second kappa shape index (κ2) is 6.53. The van der Waals surface area contributed by atoms with Crippen molar-refractivity contribution in [2.45, 2.75) is 70.0 Å². The average Bonchev–Trinajstić information content (AvgIpc) is 2.33. The first-order valence-electron chi connectivity index (χ1n) is 7.48. The van der Waals surface area contributed by atoms with Crippen LogP contribution in [-0.4, -0.2) is 28.3 Å². The summed E-state index contributed by atoms with van der Waals surface area (Å²) in [5.41, 5.74) is 1.61. The molecule has 0 aliphatic carbocycles. The lowest BCUT2D eigenvalue weighted by molar-refractivity contribution is 0.124. The molecule has 1 nitrogen and oxygen atoms in total. The molecule has 0 spiro atoms. The van der Waals surface area contributed by atoms with E-state index in [4.69, 9.17) is 0 Å². The van der Waals surface area contributed by atoms with Crippen molar-refractivity contribution in [1.82, 2.24) is 4.90 Å². The van der Waals surface area contributed by atoms with Crippen molar-refractivity contribution in [3.05, 3.63) is 35.9 Å². The number of hydrogen-bond donors (Lipinski definition) is 0. The van der Waals surface area contributed by atoms with Gasteiger partial charge in [0.15, 0.2) is 0 Å². The SMILES string of the molecule is C[C@@H]([C@@H](SC(C)(C)C)c1ccccc1)N(C)C(C)(C)C. The molecule has 0 unspecified atom stereocenters. The predicted molar refractivity (Wildman–Crippen MR) is 93.5 cm³/mol. The standard InChI is InChI=1S/C18H31NS/c1-14(19(8)17(2,3)4)16(20-18(5,6)7)15-12-10-9-11-13-15/h9-14,16H,1-8H3/t14-,16+/m0/s1. The van der Waals surface area contributed by atoms with E-state index in [1.54, 1.807) is 0 Å². The number of thioether (sulfide) groups is 1. The summed E-state index contributed by atoms with van der Waals surface area (Å²) in [6, 6.07) is 11.4. The van der Waals surface area contributed by atoms with Crippen LogP contribution in [0.25, 0.3) is 0 Å². The van der Waals surface area contributed by atoms with Crippen LogP contribution in [0.4, 0.5) is 0 Å². The summed E-state index contributed by atoms with van der Waals surface area (Å²) < 4.78 is 0.257. The Balaban J connectivity index is 3.05. The third kappa shape index (κ3) is 5.14. The molecule has 0 fully saturated rings. The first-order valence-corrected chi connectivity index (χ1v) is 8.36. The highest BCUT2D eigenvalue weighted by atomic mass is 32.2. The molecule has 0 aliphatic rings. The van der Waals surface area contributed by atoms with Gasteiger partial charge in [-0.1, -0.05) is 51.1 Å². The van der Waals surface area contributed by atoms with Crippen LogP contribution in [0.1, 0.15) is 59.3 Å². The molecule has 0 radical (unpaired) electrons. The van der Waals surface area contributed by atoms with Gasteiger partial charge < -0.3 is 0 Å². The van der Waals surface area contributed by atoms with E-state index in [9.17, 15) is 0 Å². The zero-order chi connectivity index (χ0) is 15.6. The summed E-state index contributed by atoms with van der Waals surface area (Å²) in [7, 11) is 2.24. The number of nitrogens with zero attached hydrogens (tertiary/aromatic N) is 1. The van der Waals surface area contributed by atoms with E-state index >= 15 is 0 Å². The molecule has 0 saturated heterocycles. The molecule has 114 valence electrons. The molecule has 1 rings (SSSR count). The van der Waals surface area contributed by atoms with Crippen LogP contribution < -0.4 is 0 Å². The summed E-state index contributed by atoms with van der Waals surface area (Å²) >= 11 is 2.07. The third-order valence-electron chi connectivity index (χ3n) is 3.72. The van der Waals surface area contributed by atoms with Gasteiger partial charge in [0, 0.05) is 21.6 Å². The second-order valence-electron chi connectivity index (χ2n) is 7.58. The van der Waals surface area contributed by atoms with E-state index in [1.807, 2.05) is 0 Å². The predicted octanol–water partition coefficient (Wildman–Crippen LogP) is 5.38. The number of rotatable bonds is 4. The maximum Gasteiger partial charge on any atom is 0.0455 e. The Kier molecular flexibility index (Phi) is 5.74.